The van der Waals surface area contributed by atoms with Gasteiger partial charge < -0.3 is 10.2 Å². The van der Waals surface area contributed by atoms with Crippen molar-refractivity contribution in [1.82, 2.24) is 0 Å². The van der Waals surface area contributed by atoms with Crippen LogP contribution in [0.3, 0.4) is 0 Å². The van der Waals surface area contributed by atoms with Gasteiger partial charge in [0, 0.05) is 0 Å². The van der Waals surface area contributed by atoms with Gasteiger partial charge in [-0.2, -0.15) is 10.2 Å². The van der Waals surface area contributed by atoms with E-state index in [4.69, 9.17) is 10.2 Å². The molecule has 0 aliphatic rings. The summed E-state index contributed by atoms with van der Waals surface area (Å²) in [7, 11) is 0. The molecule has 1 unspecified atom stereocenters. The molecule has 6 heteroatoms. The molecule has 0 aliphatic heterocycles. The van der Waals surface area contributed by atoms with Gasteiger partial charge in [-0.1, -0.05) is 6.92 Å². The minimum Gasteiger partial charge on any atom is -0.480 e. The fourth-order valence-electron chi connectivity index (χ4n) is 0.506. The van der Waals surface area contributed by atoms with Crippen molar-refractivity contribution in [2.45, 2.75) is 19.4 Å². The van der Waals surface area contributed by atoms with Gasteiger partial charge in [0.25, 0.3) is 0 Å². The SMILES string of the molecule is CCC(/N=N/CC(=O)O)C(=O)O. The molecular formula is C6H10N2O4. The molecule has 1 atom stereocenters. The van der Waals surface area contributed by atoms with E-state index in [1.54, 1.807) is 6.92 Å². The molecule has 68 valence electrons. The van der Waals surface area contributed by atoms with E-state index in [9.17, 15) is 9.59 Å². The van der Waals surface area contributed by atoms with Crippen molar-refractivity contribution < 1.29 is 19.8 Å². The van der Waals surface area contributed by atoms with Crippen molar-refractivity contribution >= 4 is 11.9 Å². The Hall–Kier alpha value is -1.46. The minimum atomic E-state index is -1.13. The summed E-state index contributed by atoms with van der Waals surface area (Å²) in [6.07, 6.45) is 0.304. The van der Waals surface area contributed by atoms with Crippen LogP contribution in [0.2, 0.25) is 0 Å². The molecule has 0 amide bonds. The van der Waals surface area contributed by atoms with Crippen molar-refractivity contribution in [3.05, 3.63) is 0 Å². The lowest BCUT2D eigenvalue weighted by Crippen LogP contribution is -2.16. The number of rotatable bonds is 5. The molecule has 6 nitrogen and oxygen atoms in total. The second-order valence-corrected chi connectivity index (χ2v) is 2.07. The third-order valence-electron chi connectivity index (χ3n) is 1.10. The van der Waals surface area contributed by atoms with Crippen molar-refractivity contribution in [3.8, 4) is 0 Å². The van der Waals surface area contributed by atoms with Gasteiger partial charge in [0.1, 0.15) is 0 Å². The summed E-state index contributed by atoms with van der Waals surface area (Å²) in [5.74, 6) is -2.22. The van der Waals surface area contributed by atoms with Gasteiger partial charge in [-0.15, -0.1) is 0 Å². The van der Waals surface area contributed by atoms with Gasteiger partial charge in [0.15, 0.2) is 12.6 Å². The first-order chi connectivity index (χ1) is 5.57. The summed E-state index contributed by atoms with van der Waals surface area (Å²) in [4.78, 5) is 20.2. The number of azo groups is 1. The third-order valence-corrected chi connectivity index (χ3v) is 1.10. The highest BCUT2D eigenvalue weighted by Crippen LogP contribution is 1.97. The smallest absolute Gasteiger partial charge is 0.330 e. The quantitative estimate of drug-likeness (QED) is 0.588. The number of carbonyl (C=O) groups is 2. The zero-order chi connectivity index (χ0) is 9.56. The summed E-state index contributed by atoms with van der Waals surface area (Å²) < 4.78 is 0. The molecule has 0 saturated carbocycles. The molecule has 0 aliphatic carbocycles. The van der Waals surface area contributed by atoms with Gasteiger partial charge in [-0.3, -0.25) is 4.79 Å². The van der Waals surface area contributed by atoms with Crippen molar-refractivity contribution in [2.75, 3.05) is 6.54 Å². The Morgan fingerprint density at radius 1 is 1.42 bits per heavy atom. The van der Waals surface area contributed by atoms with E-state index in [2.05, 4.69) is 10.2 Å². The molecule has 0 spiro atoms. The van der Waals surface area contributed by atoms with Crippen molar-refractivity contribution in [2.24, 2.45) is 10.2 Å². The molecule has 0 aromatic carbocycles. The predicted molar refractivity (Wildman–Crippen MR) is 39.1 cm³/mol. The Morgan fingerprint density at radius 2 is 2.00 bits per heavy atom. The van der Waals surface area contributed by atoms with Crippen LogP contribution in [0.15, 0.2) is 10.2 Å². The number of carboxylic acids is 2. The van der Waals surface area contributed by atoms with Gasteiger partial charge in [0.05, 0.1) is 0 Å². The van der Waals surface area contributed by atoms with Crippen LogP contribution in [0, 0.1) is 0 Å². The molecule has 0 aromatic rings. The van der Waals surface area contributed by atoms with E-state index in [1.807, 2.05) is 0 Å². The summed E-state index contributed by atoms with van der Waals surface area (Å²) in [5, 5.41) is 23.1. The maximum atomic E-state index is 10.3. The molecule has 0 aromatic heterocycles. The summed E-state index contributed by atoms with van der Waals surface area (Å²) >= 11 is 0. The van der Waals surface area contributed by atoms with E-state index in [-0.39, 0.29) is 0 Å². The van der Waals surface area contributed by atoms with Crippen LogP contribution in [0.1, 0.15) is 13.3 Å². The van der Waals surface area contributed by atoms with Crippen LogP contribution >= 0.6 is 0 Å². The zero-order valence-corrected chi connectivity index (χ0v) is 6.60. The van der Waals surface area contributed by atoms with E-state index >= 15 is 0 Å². The first-order valence-electron chi connectivity index (χ1n) is 3.39. The maximum Gasteiger partial charge on any atom is 0.330 e. The highest BCUT2D eigenvalue weighted by molar-refractivity contribution is 5.73. The molecule has 0 saturated heterocycles. The van der Waals surface area contributed by atoms with Crippen LogP contribution in [0.5, 0.6) is 0 Å². The summed E-state index contributed by atoms with van der Waals surface area (Å²) in [6.45, 7) is 1.16. The number of hydrogen-bond donors (Lipinski definition) is 2. The van der Waals surface area contributed by atoms with Crippen molar-refractivity contribution in [1.29, 1.82) is 0 Å². The van der Waals surface area contributed by atoms with Gasteiger partial charge >= 0.3 is 11.9 Å². The van der Waals surface area contributed by atoms with E-state index in [0.717, 1.165) is 0 Å². The first-order valence-corrected chi connectivity index (χ1v) is 3.39. The molecule has 0 rings (SSSR count). The fourth-order valence-corrected chi connectivity index (χ4v) is 0.506. The number of hydrogen-bond acceptors (Lipinski definition) is 4. The highest BCUT2D eigenvalue weighted by atomic mass is 16.4. The standard InChI is InChI=1S/C6H10N2O4/c1-2-4(6(11)12)8-7-3-5(9)10/h4H,2-3H2,1H3,(H,9,10)(H,11,12)/b8-7+. The predicted octanol–water partition coefficient (Wildman–Crippen LogP) is 0.386. The lowest BCUT2D eigenvalue weighted by molar-refractivity contribution is -0.139. The highest BCUT2D eigenvalue weighted by Gasteiger charge is 2.12. The second kappa shape index (κ2) is 5.22. The molecule has 0 bridgehead atoms. The van der Waals surface area contributed by atoms with E-state index < -0.39 is 24.5 Å². The van der Waals surface area contributed by atoms with Gasteiger partial charge in [-0.05, 0) is 6.42 Å². The van der Waals surface area contributed by atoms with Crippen LogP contribution in [-0.2, 0) is 9.59 Å². The normalized spacial score (nSPS) is 13.1. The molecule has 12 heavy (non-hydrogen) atoms. The van der Waals surface area contributed by atoms with Crippen molar-refractivity contribution in [3.63, 3.8) is 0 Å². The average molecular weight is 174 g/mol. The Kier molecular flexibility index (Phi) is 4.59. The Bertz CT molecular complexity index is 202. The van der Waals surface area contributed by atoms with E-state index in [0.29, 0.717) is 6.42 Å². The monoisotopic (exact) mass is 174 g/mol. The Morgan fingerprint density at radius 3 is 2.33 bits per heavy atom. The van der Waals surface area contributed by atoms with Crippen LogP contribution < -0.4 is 0 Å². The van der Waals surface area contributed by atoms with Crippen LogP contribution in [-0.4, -0.2) is 34.7 Å². The van der Waals surface area contributed by atoms with Gasteiger partial charge in [-0.25, -0.2) is 4.79 Å². The lowest BCUT2D eigenvalue weighted by atomic mass is 10.2. The van der Waals surface area contributed by atoms with Gasteiger partial charge in [0.2, 0.25) is 0 Å². The number of nitrogens with zero attached hydrogens (tertiary/aromatic N) is 2. The zero-order valence-electron chi connectivity index (χ0n) is 6.60. The maximum absolute atomic E-state index is 10.3. The summed E-state index contributed by atoms with van der Waals surface area (Å²) in [5.41, 5.74) is 0. The molecule has 0 heterocycles. The van der Waals surface area contributed by atoms with E-state index in [1.165, 1.54) is 0 Å². The van der Waals surface area contributed by atoms with Crippen LogP contribution in [0.25, 0.3) is 0 Å². The fraction of sp³-hybridized carbons (Fsp3) is 0.667. The first kappa shape index (κ1) is 10.5. The third kappa shape index (κ3) is 4.37. The lowest BCUT2D eigenvalue weighted by Gasteiger charge is -1.99. The number of aliphatic carboxylic acids is 2. The molecular weight excluding hydrogens is 164 g/mol. The van der Waals surface area contributed by atoms with Crippen LogP contribution in [0.4, 0.5) is 0 Å². The topological polar surface area (TPSA) is 99.3 Å². The molecule has 0 fully saturated rings. The largest absolute Gasteiger partial charge is 0.480 e. The molecule has 2 N–H and O–H groups in total. The Labute approximate surface area is 68.9 Å². The molecule has 0 radical (unpaired) electrons. The Balaban J connectivity index is 3.93. The number of carboxylic acid groups (broad SMARTS) is 2. The average Bonchev–Trinajstić information content (AvgIpc) is 1.96. The second-order valence-electron chi connectivity index (χ2n) is 2.07. The minimum absolute atomic E-state index is 0.304. The summed E-state index contributed by atoms with van der Waals surface area (Å²) in [6, 6.07) is -0.927.